The van der Waals surface area contributed by atoms with Crippen molar-refractivity contribution in [3.05, 3.63) is 12.7 Å². The van der Waals surface area contributed by atoms with Gasteiger partial charge in [-0.3, -0.25) is 0 Å². The Labute approximate surface area is 84.7 Å². The highest BCUT2D eigenvalue weighted by molar-refractivity contribution is 4.87. The summed E-state index contributed by atoms with van der Waals surface area (Å²) in [5.41, 5.74) is 0. The van der Waals surface area contributed by atoms with E-state index in [9.17, 15) is 0 Å². The molecule has 0 bridgehead atoms. The van der Waals surface area contributed by atoms with E-state index >= 15 is 0 Å². The van der Waals surface area contributed by atoms with E-state index in [4.69, 9.17) is 0 Å². The second kappa shape index (κ2) is 4.55. The maximum absolute atomic E-state index is 4.22. The SMILES string of the molecule is CCCNC1CCCC1n1cncn1. The topological polar surface area (TPSA) is 42.7 Å². The second-order valence-electron chi connectivity index (χ2n) is 3.93. The molecule has 1 aromatic rings. The number of hydrogen-bond acceptors (Lipinski definition) is 3. The molecule has 0 aliphatic heterocycles. The number of aromatic nitrogens is 3. The zero-order valence-electron chi connectivity index (χ0n) is 8.69. The monoisotopic (exact) mass is 194 g/mol. The molecule has 0 saturated heterocycles. The third-order valence-corrected chi connectivity index (χ3v) is 2.91. The van der Waals surface area contributed by atoms with Crippen molar-refractivity contribution in [3.8, 4) is 0 Å². The first-order chi connectivity index (χ1) is 6.92. The van der Waals surface area contributed by atoms with Crippen LogP contribution in [-0.4, -0.2) is 27.4 Å². The molecule has 1 heterocycles. The first-order valence-electron chi connectivity index (χ1n) is 5.49. The second-order valence-corrected chi connectivity index (χ2v) is 3.93. The molecular weight excluding hydrogens is 176 g/mol. The van der Waals surface area contributed by atoms with Crippen LogP contribution in [0.25, 0.3) is 0 Å². The molecule has 2 unspecified atom stereocenters. The van der Waals surface area contributed by atoms with Crippen molar-refractivity contribution in [3.63, 3.8) is 0 Å². The Morgan fingerprint density at radius 2 is 2.43 bits per heavy atom. The van der Waals surface area contributed by atoms with Crippen LogP contribution in [0.3, 0.4) is 0 Å². The fourth-order valence-electron chi connectivity index (χ4n) is 2.21. The number of rotatable bonds is 4. The van der Waals surface area contributed by atoms with E-state index in [1.165, 1.54) is 25.7 Å². The quantitative estimate of drug-likeness (QED) is 0.787. The smallest absolute Gasteiger partial charge is 0.137 e. The van der Waals surface area contributed by atoms with Crippen molar-refractivity contribution in [2.24, 2.45) is 0 Å². The van der Waals surface area contributed by atoms with Gasteiger partial charge in [0.05, 0.1) is 6.04 Å². The minimum atomic E-state index is 0.518. The zero-order chi connectivity index (χ0) is 9.80. The van der Waals surface area contributed by atoms with Crippen molar-refractivity contribution < 1.29 is 0 Å². The van der Waals surface area contributed by atoms with E-state index in [1.807, 2.05) is 11.0 Å². The van der Waals surface area contributed by atoms with Gasteiger partial charge in [-0.05, 0) is 32.2 Å². The van der Waals surface area contributed by atoms with Crippen LogP contribution in [0.4, 0.5) is 0 Å². The molecule has 14 heavy (non-hydrogen) atoms. The Morgan fingerprint density at radius 3 is 3.14 bits per heavy atom. The van der Waals surface area contributed by atoms with Crippen molar-refractivity contribution in [1.29, 1.82) is 0 Å². The fraction of sp³-hybridized carbons (Fsp3) is 0.800. The molecular formula is C10H18N4. The number of nitrogens with zero attached hydrogens (tertiary/aromatic N) is 3. The van der Waals surface area contributed by atoms with Crippen LogP contribution < -0.4 is 5.32 Å². The summed E-state index contributed by atoms with van der Waals surface area (Å²) in [4.78, 5) is 4.01. The molecule has 2 rings (SSSR count). The zero-order valence-corrected chi connectivity index (χ0v) is 8.69. The maximum atomic E-state index is 4.22. The summed E-state index contributed by atoms with van der Waals surface area (Å²) in [5.74, 6) is 0. The lowest BCUT2D eigenvalue weighted by atomic mass is 10.2. The molecule has 4 heteroatoms. The molecule has 78 valence electrons. The molecule has 2 atom stereocenters. The van der Waals surface area contributed by atoms with Crippen LogP contribution in [0.15, 0.2) is 12.7 Å². The molecule has 0 amide bonds. The number of hydrogen-bond donors (Lipinski definition) is 1. The summed E-state index contributed by atoms with van der Waals surface area (Å²) in [7, 11) is 0. The Hall–Kier alpha value is -0.900. The highest BCUT2D eigenvalue weighted by atomic mass is 15.3. The van der Waals surface area contributed by atoms with Crippen LogP contribution in [0, 0.1) is 0 Å². The van der Waals surface area contributed by atoms with Gasteiger partial charge in [-0.2, -0.15) is 5.10 Å². The van der Waals surface area contributed by atoms with Gasteiger partial charge < -0.3 is 5.32 Å². The van der Waals surface area contributed by atoms with Gasteiger partial charge in [0.25, 0.3) is 0 Å². The van der Waals surface area contributed by atoms with Crippen molar-refractivity contribution in [2.75, 3.05) is 6.54 Å². The molecule has 0 aromatic carbocycles. The fourth-order valence-corrected chi connectivity index (χ4v) is 2.21. The molecule has 1 aliphatic carbocycles. The van der Waals surface area contributed by atoms with Crippen LogP contribution in [0.1, 0.15) is 38.6 Å². The Kier molecular flexibility index (Phi) is 3.14. The van der Waals surface area contributed by atoms with Crippen molar-refractivity contribution in [2.45, 2.75) is 44.7 Å². The molecule has 1 aliphatic rings. The Morgan fingerprint density at radius 1 is 1.50 bits per heavy atom. The van der Waals surface area contributed by atoms with Gasteiger partial charge in [0.15, 0.2) is 0 Å². The van der Waals surface area contributed by atoms with Crippen LogP contribution >= 0.6 is 0 Å². The van der Waals surface area contributed by atoms with Gasteiger partial charge in [-0.15, -0.1) is 0 Å². The van der Waals surface area contributed by atoms with Gasteiger partial charge in [0, 0.05) is 6.04 Å². The maximum Gasteiger partial charge on any atom is 0.137 e. The van der Waals surface area contributed by atoms with E-state index in [0.29, 0.717) is 12.1 Å². The lowest BCUT2D eigenvalue weighted by molar-refractivity contribution is 0.365. The molecule has 1 saturated carbocycles. The summed E-state index contributed by atoms with van der Waals surface area (Å²) < 4.78 is 2.00. The highest BCUT2D eigenvalue weighted by Gasteiger charge is 2.28. The third kappa shape index (κ3) is 1.95. The first-order valence-corrected chi connectivity index (χ1v) is 5.49. The Balaban J connectivity index is 1.97. The molecule has 1 N–H and O–H groups in total. The van der Waals surface area contributed by atoms with Crippen molar-refractivity contribution in [1.82, 2.24) is 20.1 Å². The van der Waals surface area contributed by atoms with Gasteiger partial charge in [0.2, 0.25) is 0 Å². The van der Waals surface area contributed by atoms with E-state index in [1.54, 1.807) is 6.33 Å². The minimum Gasteiger partial charge on any atom is -0.312 e. The molecule has 1 aromatic heterocycles. The van der Waals surface area contributed by atoms with Gasteiger partial charge in [-0.1, -0.05) is 6.92 Å². The molecule has 4 nitrogen and oxygen atoms in total. The summed E-state index contributed by atoms with van der Waals surface area (Å²) in [6, 6.07) is 1.11. The van der Waals surface area contributed by atoms with Crippen LogP contribution in [0.5, 0.6) is 0 Å². The molecule has 1 fully saturated rings. The minimum absolute atomic E-state index is 0.518. The van der Waals surface area contributed by atoms with E-state index < -0.39 is 0 Å². The first kappa shape index (κ1) is 9.65. The Bertz CT molecular complexity index is 257. The van der Waals surface area contributed by atoms with Crippen molar-refractivity contribution >= 4 is 0 Å². The number of nitrogens with one attached hydrogen (secondary N) is 1. The average Bonchev–Trinajstić information content (AvgIpc) is 2.84. The van der Waals surface area contributed by atoms with Gasteiger partial charge in [0.1, 0.15) is 12.7 Å². The lowest BCUT2D eigenvalue weighted by Crippen LogP contribution is -2.34. The van der Waals surface area contributed by atoms with E-state index in [2.05, 4.69) is 22.3 Å². The van der Waals surface area contributed by atoms with Gasteiger partial charge >= 0.3 is 0 Å². The van der Waals surface area contributed by atoms with E-state index in [0.717, 1.165) is 6.54 Å². The summed E-state index contributed by atoms with van der Waals surface area (Å²) in [6.07, 6.45) is 8.44. The standard InChI is InChI=1S/C10H18N4/c1-2-6-12-9-4-3-5-10(9)14-8-11-7-13-14/h7-10,12H,2-6H2,1H3. The lowest BCUT2D eigenvalue weighted by Gasteiger charge is -2.20. The van der Waals surface area contributed by atoms with E-state index in [-0.39, 0.29) is 0 Å². The summed E-state index contributed by atoms with van der Waals surface area (Å²) >= 11 is 0. The van der Waals surface area contributed by atoms with Gasteiger partial charge in [-0.25, -0.2) is 9.67 Å². The highest BCUT2D eigenvalue weighted by Crippen LogP contribution is 2.28. The summed E-state index contributed by atoms with van der Waals surface area (Å²) in [6.45, 7) is 3.31. The molecule has 0 radical (unpaired) electrons. The summed E-state index contributed by atoms with van der Waals surface area (Å²) in [5, 5.41) is 7.80. The average molecular weight is 194 g/mol. The van der Waals surface area contributed by atoms with Crippen LogP contribution in [-0.2, 0) is 0 Å². The molecule has 0 spiro atoms. The predicted octanol–water partition coefficient (Wildman–Crippen LogP) is 1.37. The normalized spacial score (nSPS) is 26.9. The third-order valence-electron chi connectivity index (χ3n) is 2.91. The van der Waals surface area contributed by atoms with Crippen LogP contribution in [0.2, 0.25) is 0 Å². The predicted molar refractivity (Wildman–Crippen MR) is 55.0 cm³/mol. The largest absolute Gasteiger partial charge is 0.312 e.